The highest BCUT2D eigenvalue weighted by Crippen LogP contribution is 2.43. The third-order valence-electron chi connectivity index (χ3n) is 9.09. The smallest absolute Gasteiger partial charge is 0.431 e. The fraction of sp³-hybridized carbons (Fsp3) is 0.594. The number of hydrogen-bond donors (Lipinski definition) is 2. The Hall–Kier alpha value is -3.36. The molecule has 3 heterocycles. The van der Waals surface area contributed by atoms with Crippen molar-refractivity contribution in [1.82, 2.24) is 14.7 Å². The largest absolute Gasteiger partial charge is 0.489 e. The summed E-state index contributed by atoms with van der Waals surface area (Å²) in [6.07, 6.45) is 4.62. The van der Waals surface area contributed by atoms with E-state index in [0.717, 1.165) is 42.7 Å². The van der Waals surface area contributed by atoms with Gasteiger partial charge < -0.3 is 30.1 Å². The lowest BCUT2D eigenvalue weighted by Crippen LogP contribution is -2.47. The van der Waals surface area contributed by atoms with Gasteiger partial charge in [-0.3, -0.25) is 14.3 Å². The summed E-state index contributed by atoms with van der Waals surface area (Å²) in [4.78, 5) is 27.7. The van der Waals surface area contributed by atoms with E-state index in [0.29, 0.717) is 30.4 Å². The number of primary amides is 1. The quantitative estimate of drug-likeness (QED) is 0.239. The van der Waals surface area contributed by atoms with Gasteiger partial charge in [0.15, 0.2) is 0 Å². The van der Waals surface area contributed by atoms with Gasteiger partial charge in [0, 0.05) is 45.4 Å². The molecular formula is C32H44F3N5O5Si. The molecule has 1 saturated carbocycles. The Morgan fingerprint density at radius 2 is 1.89 bits per heavy atom. The van der Waals surface area contributed by atoms with Crippen LogP contribution in [0.2, 0.25) is 25.7 Å². The maximum absolute atomic E-state index is 14.4. The minimum Gasteiger partial charge on any atom is -0.489 e. The predicted molar refractivity (Wildman–Crippen MR) is 171 cm³/mol. The van der Waals surface area contributed by atoms with Crippen molar-refractivity contribution in [3.8, 4) is 5.75 Å². The van der Waals surface area contributed by atoms with Crippen LogP contribution in [0.15, 0.2) is 42.3 Å². The van der Waals surface area contributed by atoms with Gasteiger partial charge in [-0.15, -0.1) is 0 Å². The predicted octanol–water partition coefficient (Wildman–Crippen LogP) is 5.12. The highest BCUT2D eigenvalue weighted by molar-refractivity contribution is 6.76. The van der Waals surface area contributed by atoms with Crippen LogP contribution in [0.5, 0.6) is 5.75 Å². The molecule has 14 heteroatoms. The number of aliphatic hydroxyl groups excluding tert-OH is 1. The first-order valence-corrected chi connectivity index (χ1v) is 19.6. The van der Waals surface area contributed by atoms with Crippen LogP contribution in [0, 0.1) is 5.92 Å². The summed E-state index contributed by atoms with van der Waals surface area (Å²) in [5, 5.41) is 14.9. The zero-order chi connectivity index (χ0) is 33.2. The molecule has 46 heavy (non-hydrogen) atoms. The van der Waals surface area contributed by atoms with Crippen LogP contribution in [-0.2, 0) is 14.3 Å². The van der Waals surface area contributed by atoms with E-state index >= 15 is 0 Å². The summed E-state index contributed by atoms with van der Waals surface area (Å²) in [7, 11) is -1.32. The molecule has 0 spiro atoms. The monoisotopic (exact) mass is 663 g/mol. The first-order valence-electron chi connectivity index (χ1n) is 15.9. The molecule has 10 nitrogen and oxygen atoms in total. The number of aliphatic hydroxyl groups is 1. The van der Waals surface area contributed by atoms with Crippen molar-refractivity contribution in [2.75, 3.05) is 31.5 Å². The van der Waals surface area contributed by atoms with Crippen LogP contribution in [0.3, 0.4) is 0 Å². The summed E-state index contributed by atoms with van der Waals surface area (Å²) >= 11 is 0. The average molecular weight is 664 g/mol. The van der Waals surface area contributed by atoms with E-state index in [-0.39, 0.29) is 55.3 Å². The molecule has 2 atom stereocenters. The minimum absolute atomic E-state index is 0.0174. The van der Waals surface area contributed by atoms with Gasteiger partial charge in [-0.2, -0.15) is 18.3 Å². The zero-order valence-electron chi connectivity index (χ0n) is 26.6. The van der Waals surface area contributed by atoms with Gasteiger partial charge in [0.1, 0.15) is 30.8 Å². The number of allylic oxidation sites excluding steroid dienone is 3. The average Bonchev–Trinajstić information content (AvgIpc) is 3.58. The van der Waals surface area contributed by atoms with E-state index in [1.165, 1.54) is 12.2 Å². The number of carbonyl (C=O) groups is 2. The van der Waals surface area contributed by atoms with Crippen LogP contribution in [0.25, 0.3) is 10.9 Å². The number of hydrogen-bond acceptors (Lipinski definition) is 7. The van der Waals surface area contributed by atoms with Crippen LogP contribution >= 0.6 is 0 Å². The fourth-order valence-electron chi connectivity index (χ4n) is 6.31. The molecule has 3 aliphatic rings. The van der Waals surface area contributed by atoms with Crippen molar-refractivity contribution in [2.24, 2.45) is 11.7 Å². The molecule has 1 saturated heterocycles. The number of halogens is 3. The molecule has 2 aromatic rings. The normalized spacial score (nSPS) is 24.2. The summed E-state index contributed by atoms with van der Waals surface area (Å²) in [5.41, 5.74) is 5.12. The highest BCUT2D eigenvalue weighted by atomic mass is 28.3. The third-order valence-corrected chi connectivity index (χ3v) is 10.8. The van der Waals surface area contributed by atoms with Gasteiger partial charge in [0.2, 0.25) is 11.8 Å². The molecule has 5 rings (SSSR count). The second-order valence-electron chi connectivity index (χ2n) is 13.7. The van der Waals surface area contributed by atoms with Crippen molar-refractivity contribution < 1.29 is 37.3 Å². The number of amides is 2. The van der Waals surface area contributed by atoms with Gasteiger partial charge in [0.25, 0.3) is 0 Å². The van der Waals surface area contributed by atoms with Crippen LogP contribution < -0.4 is 15.4 Å². The van der Waals surface area contributed by atoms with Crippen LogP contribution in [0.1, 0.15) is 44.6 Å². The molecule has 2 aliphatic heterocycles. The molecule has 2 fully saturated rings. The van der Waals surface area contributed by atoms with Gasteiger partial charge in [-0.1, -0.05) is 31.8 Å². The molecule has 0 bridgehead atoms. The van der Waals surface area contributed by atoms with Gasteiger partial charge in [-0.05, 0) is 56.2 Å². The number of rotatable bonds is 12. The summed E-state index contributed by atoms with van der Waals surface area (Å²) < 4.78 is 57.1. The SMILES string of the molecule is C[Si](C)(C)CCOCN1C(=O)CC[C@@H]1COc1cc2nn(C3CCC(CO)CC3)cc2cc1N1C(C(F)(F)F)=CC=CC1C(N)=O. The third kappa shape index (κ3) is 7.77. The Morgan fingerprint density at radius 1 is 1.15 bits per heavy atom. The fourth-order valence-corrected chi connectivity index (χ4v) is 7.07. The molecule has 2 amide bonds. The Bertz CT molecular complexity index is 1480. The van der Waals surface area contributed by atoms with E-state index in [2.05, 4.69) is 19.6 Å². The molecule has 3 N–H and O–H groups in total. The zero-order valence-corrected chi connectivity index (χ0v) is 27.6. The number of anilines is 1. The highest BCUT2D eigenvalue weighted by Gasteiger charge is 2.44. The number of nitrogens with two attached hydrogens (primary N) is 1. The number of nitrogens with zero attached hydrogens (tertiary/aromatic N) is 4. The molecular weight excluding hydrogens is 619 g/mol. The lowest BCUT2D eigenvalue weighted by Gasteiger charge is -2.36. The Labute approximate surface area is 268 Å². The number of likely N-dealkylation sites (tertiary alicyclic amines) is 1. The Kier molecular flexibility index (Phi) is 10.2. The first kappa shape index (κ1) is 34.0. The number of fused-ring (bicyclic) bond motifs is 1. The minimum atomic E-state index is -4.79. The molecule has 0 radical (unpaired) electrons. The topological polar surface area (TPSA) is 123 Å². The van der Waals surface area contributed by atoms with Crippen molar-refractivity contribution in [2.45, 2.75) is 88.5 Å². The number of aromatic nitrogens is 2. The maximum Gasteiger partial charge on any atom is 0.431 e. The first-order chi connectivity index (χ1) is 21.7. The number of ether oxygens (including phenoxy) is 2. The summed E-state index contributed by atoms with van der Waals surface area (Å²) in [5.74, 6) is -0.663. The van der Waals surface area contributed by atoms with E-state index in [4.69, 9.17) is 20.3 Å². The van der Waals surface area contributed by atoms with Crippen molar-refractivity contribution >= 4 is 36.5 Å². The van der Waals surface area contributed by atoms with E-state index < -0.39 is 31.9 Å². The summed E-state index contributed by atoms with van der Waals surface area (Å²) in [6.45, 7) is 7.56. The van der Waals surface area contributed by atoms with Gasteiger partial charge in [0.05, 0.1) is 23.3 Å². The van der Waals surface area contributed by atoms with Crippen molar-refractivity contribution in [3.05, 3.63) is 42.3 Å². The van der Waals surface area contributed by atoms with Crippen molar-refractivity contribution in [1.29, 1.82) is 0 Å². The van der Waals surface area contributed by atoms with E-state index in [1.54, 1.807) is 23.2 Å². The van der Waals surface area contributed by atoms with Crippen molar-refractivity contribution in [3.63, 3.8) is 0 Å². The van der Waals surface area contributed by atoms with Gasteiger partial charge in [-0.25, -0.2) is 0 Å². The lowest BCUT2D eigenvalue weighted by atomic mass is 9.87. The number of alkyl halides is 3. The van der Waals surface area contributed by atoms with E-state index in [9.17, 15) is 27.9 Å². The molecule has 1 aliphatic carbocycles. The molecule has 1 aromatic heterocycles. The van der Waals surface area contributed by atoms with Crippen LogP contribution in [0.4, 0.5) is 18.9 Å². The van der Waals surface area contributed by atoms with Crippen LogP contribution in [-0.4, -0.2) is 84.5 Å². The van der Waals surface area contributed by atoms with Gasteiger partial charge >= 0.3 is 6.18 Å². The second-order valence-corrected chi connectivity index (χ2v) is 19.3. The Morgan fingerprint density at radius 3 is 2.54 bits per heavy atom. The number of carbonyl (C=O) groups excluding carboxylic acids is 2. The second kappa shape index (κ2) is 13.8. The standard InChI is InChI=1S/C32H44F3N5O5Si/c1-46(2,3)14-13-44-20-38-24(11-12-30(38)42)19-45-28-16-25-22(17-39(37-25)23-9-7-21(18-41)8-10-23)15-27(28)40-26(31(36)43)5-4-6-29(40)32(33,34)35/h4-6,15-17,21,23-24,26,41H,7-14,18-20H2,1-3H3,(H2,36,43)/t21?,23?,24-,26?/m1/s1. The molecule has 252 valence electrons. The van der Waals surface area contributed by atoms with E-state index in [1.807, 2.05) is 4.68 Å². The molecule has 1 unspecified atom stereocenters. The summed E-state index contributed by atoms with van der Waals surface area (Å²) in [6, 6.07) is 2.44. The number of benzene rings is 1. The molecule has 1 aromatic carbocycles. The Balaban J connectivity index is 1.46. The maximum atomic E-state index is 14.4. The lowest BCUT2D eigenvalue weighted by molar-refractivity contribution is -0.135.